The second kappa shape index (κ2) is 5.75. The van der Waals surface area contributed by atoms with Gasteiger partial charge in [-0.05, 0) is 62.6 Å². The van der Waals surface area contributed by atoms with Crippen LogP contribution in [-0.2, 0) is 0 Å². The summed E-state index contributed by atoms with van der Waals surface area (Å²) in [7, 11) is 2.22. The van der Waals surface area contributed by atoms with Crippen molar-refractivity contribution in [2.24, 2.45) is 11.7 Å². The van der Waals surface area contributed by atoms with Gasteiger partial charge in [0, 0.05) is 25.3 Å². The molecule has 0 amide bonds. The third kappa shape index (κ3) is 3.26. The molecule has 18 heavy (non-hydrogen) atoms. The Kier molecular flexibility index (Phi) is 4.28. The molecule has 2 rings (SSSR count). The first-order valence-electron chi connectivity index (χ1n) is 7.10. The molecule has 0 spiro atoms. The molecule has 1 saturated carbocycles. The average molecular weight is 246 g/mol. The molecule has 0 atom stereocenters. The van der Waals surface area contributed by atoms with Gasteiger partial charge in [-0.25, -0.2) is 0 Å². The first-order chi connectivity index (χ1) is 8.56. The maximum atomic E-state index is 5.97. The minimum absolute atomic E-state index is 0.451. The van der Waals surface area contributed by atoms with Crippen LogP contribution in [0.5, 0.6) is 0 Å². The molecule has 1 aromatic carbocycles. The largest absolute Gasteiger partial charge is 0.374 e. The topological polar surface area (TPSA) is 29.3 Å². The lowest BCUT2D eigenvalue weighted by Crippen LogP contribution is -2.32. The number of aryl methyl sites for hydroxylation is 2. The fourth-order valence-corrected chi connectivity index (χ4v) is 2.99. The van der Waals surface area contributed by atoms with Crippen molar-refractivity contribution in [3.8, 4) is 0 Å². The fraction of sp³-hybridized carbons (Fsp3) is 0.625. The molecule has 1 aliphatic carbocycles. The van der Waals surface area contributed by atoms with Gasteiger partial charge in [0.05, 0.1) is 0 Å². The van der Waals surface area contributed by atoms with Gasteiger partial charge >= 0.3 is 0 Å². The predicted octanol–water partition coefficient (Wildman–Crippen LogP) is 3.26. The molecule has 0 aromatic heterocycles. The number of rotatable bonds is 3. The van der Waals surface area contributed by atoms with Gasteiger partial charge in [0.15, 0.2) is 0 Å². The second-order valence-electron chi connectivity index (χ2n) is 5.95. The van der Waals surface area contributed by atoms with Crippen molar-refractivity contribution in [3.05, 3.63) is 29.3 Å². The molecule has 0 heterocycles. The Morgan fingerprint density at radius 3 is 2.50 bits per heavy atom. The number of nitrogens with zero attached hydrogens (tertiary/aromatic N) is 1. The zero-order valence-electron chi connectivity index (χ0n) is 11.9. The Morgan fingerprint density at radius 2 is 1.83 bits per heavy atom. The third-order valence-corrected chi connectivity index (χ3v) is 4.20. The zero-order chi connectivity index (χ0) is 13.1. The van der Waals surface area contributed by atoms with Crippen molar-refractivity contribution in [1.82, 2.24) is 0 Å². The maximum absolute atomic E-state index is 5.97. The van der Waals surface area contributed by atoms with Crippen LogP contribution in [0, 0.1) is 19.8 Å². The van der Waals surface area contributed by atoms with Crippen LogP contribution in [0.15, 0.2) is 18.2 Å². The smallest absolute Gasteiger partial charge is 0.0396 e. The molecule has 0 saturated heterocycles. The molecule has 0 bridgehead atoms. The van der Waals surface area contributed by atoms with Crippen molar-refractivity contribution in [3.63, 3.8) is 0 Å². The van der Waals surface area contributed by atoms with Crippen LogP contribution in [0.3, 0.4) is 0 Å². The number of anilines is 1. The highest BCUT2D eigenvalue weighted by Gasteiger charge is 2.20. The van der Waals surface area contributed by atoms with Gasteiger partial charge in [-0.2, -0.15) is 0 Å². The van der Waals surface area contributed by atoms with Crippen molar-refractivity contribution >= 4 is 5.69 Å². The van der Waals surface area contributed by atoms with Gasteiger partial charge in [-0.3, -0.25) is 0 Å². The Labute approximate surface area is 111 Å². The van der Waals surface area contributed by atoms with Gasteiger partial charge in [0.25, 0.3) is 0 Å². The molecule has 1 aliphatic rings. The molecular weight excluding hydrogens is 220 g/mol. The highest BCUT2D eigenvalue weighted by Crippen LogP contribution is 2.27. The lowest BCUT2D eigenvalue weighted by atomic mass is 9.86. The number of hydrogen-bond donors (Lipinski definition) is 1. The van der Waals surface area contributed by atoms with Gasteiger partial charge in [0.1, 0.15) is 0 Å². The third-order valence-electron chi connectivity index (χ3n) is 4.20. The van der Waals surface area contributed by atoms with Crippen LogP contribution < -0.4 is 10.6 Å². The summed E-state index contributed by atoms with van der Waals surface area (Å²) in [5.74, 6) is 0.815. The van der Waals surface area contributed by atoms with Crippen LogP contribution in [0.4, 0.5) is 5.69 Å². The zero-order valence-corrected chi connectivity index (χ0v) is 11.9. The van der Waals surface area contributed by atoms with Crippen molar-refractivity contribution in [2.45, 2.75) is 45.6 Å². The number of nitrogens with two attached hydrogens (primary N) is 1. The molecule has 100 valence electrons. The normalized spacial score (nSPS) is 24.0. The summed E-state index contributed by atoms with van der Waals surface area (Å²) in [5.41, 5.74) is 10.1. The monoisotopic (exact) mass is 246 g/mol. The van der Waals surface area contributed by atoms with E-state index in [9.17, 15) is 0 Å². The number of hydrogen-bond acceptors (Lipinski definition) is 2. The van der Waals surface area contributed by atoms with Gasteiger partial charge in [0.2, 0.25) is 0 Å². The lowest BCUT2D eigenvalue weighted by Gasteiger charge is -2.31. The minimum Gasteiger partial charge on any atom is -0.374 e. The first-order valence-corrected chi connectivity index (χ1v) is 7.10. The van der Waals surface area contributed by atoms with Crippen LogP contribution in [0.1, 0.15) is 36.8 Å². The molecule has 2 N–H and O–H groups in total. The first kappa shape index (κ1) is 13.4. The maximum Gasteiger partial charge on any atom is 0.0396 e. The van der Waals surface area contributed by atoms with E-state index in [1.165, 1.54) is 42.5 Å². The van der Waals surface area contributed by atoms with Crippen LogP contribution in [0.2, 0.25) is 0 Å². The van der Waals surface area contributed by atoms with E-state index in [4.69, 9.17) is 5.73 Å². The number of benzene rings is 1. The van der Waals surface area contributed by atoms with E-state index in [2.05, 4.69) is 44.0 Å². The summed E-state index contributed by atoms with van der Waals surface area (Å²) < 4.78 is 0. The molecule has 0 radical (unpaired) electrons. The van der Waals surface area contributed by atoms with Crippen molar-refractivity contribution in [2.75, 3.05) is 18.5 Å². The molecule has 2 heteroatoms. The summed E-state index contributed by atoms with van der Waals surface area (Å²) in [5, 5.41) is 0. The van der Waals surface area contributed by atoms with E-state index in [1.807, 2.05) is 0 Å². The van der Waals surface area contributed by atoms with E-state index in [-0.39, 0.29) is 0 Å². The summed E-state index contributed by atoms with van der Waals surface area (Å²) in [6.45, 7) is 5.52. The second-order valence-corrected chi connectivity index (χ2v) is 5.95. The average Bonchev–Trinajstić information content (AvgIpc) is 2.35. The van der Waals surface area contributed by atoms with E-state index in [1.54, 1.807) is 0 Å². The highest BCUT2D eigenvalue weighted by molar-refractivity contribution is 5.54. The Bertz CT molecular complexity index is 392. The molecule has 1 fully saturated rings. The SMILES string of the molecule is Cc1ccc(C)c(N(C)CC2CCC(N)CC2)c1. The predicted molar refractivity (Wildman–Crippen MR) is 79.1 cm³/mol. The Morgan fingerprint density at radius 1 is 1.17 bits per heavy atom. The van der Waals surface area contributed by atoms with E-state index >= 15 is 0 Å². The molecular formula is C16H26N2. The van der Waals surface area contributed by atoms with Crippen LogP contribution >= 0.6 is 0 Å². The lowest BCUT2D eigenvalue weighted by molar-refractivity contribution is 0.330. The molecule has 2 nitrogen and oxygen atoms in total. The quantitative estimate of drug-likeness (QED) is 0.887. The summed E-state index contributed by atoms with van der Waals surface area (Å²) in [4.78, 5) is 2.42. The van der Waals surface area contributed by atoms with E-state index < -0.39 is 0 Å². The highest BCUT2D eigenvalue weighted by atomic mass is 15.1. The van der Waals surface area contributed by atoms with Crippen LogP contribution in [-0.4, -0.2) is 19.6 Å². The standard InChI is InChI=1S/C16H26N2/c1-12-4-5-13(2)16(10-12)18(3)11-14-6-8-15(17)9-7-14/h4-5,10,14-15H,6-9,11,17H2,1-3H3. The molecule has 0 aliphatic heterocycles. The van der Waals surface area contributed by atoms with Gasteiger partial charge < -0.3 is 10.6 Å². The van der Waals surface area contributed by atoms with E-state index in [0.717, 1.165) is 12.5 Å². The van der Waals surface area contributed by atoms with Gasteiger partial charge in [-0.15, -0.1) is 0 Å². The van der Waals surface area contributed by atoms with E-state index in [0.29, 0.717) is 6.04 Å². The summed E-state index contributed by atoms with van der Waals surface area (Å²) in [6, 6.07) is 7.15. The fourth-order valence-electron chi connectivity index (χ4n) is 2.99. The Hall–Kier alpha value is -1.02. The minimum atomic E-state index is 0.451. The molecule has 0 unspecified atom stereocenters. The van der Waals surface area contributed by atoms with Gasteiger partial charge in [-0.1, -0.05) is 12.1 Å². The summed E-state index contributed by atoms with van der Waals surface area (Å²) in [6.07, 6.45) is 4.98. The summed E-state index contributed by atoms with van der Waals surface area (Å²) >= 11 is 0. The Balaban J connectivity index is 1.98. The molecule has 1 aromatic rings. The van der Waals surface area contributed by atoms with Crippen molar-refractivity contribution in [1.29, 1.82) is 0 Å². The van der Waals surface area contributed by atoms with Crippen molar-refractivity contribution < 1.29 is 0 Å². The van der Waals surface area contributed by atoms with Crippen LogP contribution in [0.25, 0.3) is 0 Å².